The van der Waals surface area contributed by atoms with E-state index >= 15 is 0 Å². The van der Waals surface area contributed by atoms with Gasteiger partial charge in [0.25, 0.3) is 0 Å². The van der Waals surface area contributed by atoms with Crippen LogP contribution in [0.25, 0.3) is 0 Å². The molecule has 0 aliphatic heterocycles. The molecule has 3 rings (SSSR count). The van der Waals surface area contributed by atoms with E-state index in [0.29, 0.717) is 44.4 Å². The third kappa shape index (κ3) is 6.59. The van der Waals surface area contributed by atoms with Crippen molar-refractivity contribution in [2.75, 3.05) is 12.4 Å². The van der Waals surface area contributed by atoms with E-state index in [9.17, 15) is 9.59 Å². The lowest BCUT2D eigenvalue weighted by molar-refractivity contribution is -0.136. The molecule has 0 aliphatic rings. The van der Waals surface area contributed by atoms with Crippen LogP contribution in [0.3, 0.4) is 0 Å². The van der Waals surface area contributed by atoms with E-state index in [0.717, 1.165) is 5.56 Å². The Hall–Kier alpha value is -3.36. The molecule has 34 heavy (non-hydrogen) atoms. The Morgan fingerprint density at radius 3 is 2.53 bits per heavy atom. The molecule has 2 N–H and O–H groups in total. The minimum absolute atomic E-state index is 0.375. The second kappa shape index (κ2) is 11.7. The highest BCUT2D eigenvalue weighted by Crippen LogP contribution is 2.36. The van der Waals surface area contributed by atoms with E-state index in [-0.39, 0.29) is 0 Å². The first-order chi connectivity index (χ1) is 16.3. The summed E-state index contributed by atoms with van der Waals surface area (Å²) in [6.45, 7) is 4.15. The first-order valence-corrected chi connectivity index (χ1v) is 11.4. The largest absolute Gasteiger partial charge is 0.493 e. The van der Waals surface area contributed by atoms with Gasteiger partial charge in [0, 0.05) is 10.7 Å². The second-order valence-electron chi connectivity index (χ2n) is 7.37. The third-order valence-electron chi connectivity index (χ3n) is 4.86. The molecule has 0 spiro atoms. The van der Waals surface area contributed by atoms with Crippen molar-refractivity contribution >= 4 is 51.2 Å². The van der Waals surface area contributed by atoms with Crippen molar-refractivity contribution in [2.45, 2.75) is 20.5 Å². The van der Waals surface area contributed by atoms with Crippen molar-refractivity contribution in [2.24, 2.45) is 5.10 Å². The van der Waals surface area contributed by atoms with Gasteiger partial charge in [0.15, 0.2) is 11.5 Å². The summed E-state index contributed by atoms with van der Waals surface area (Å²) >= 11 is 9.52. The highest BCUT2D eigenvalue weighted by atomic mass is 79.9. The van der Waals surface area contributed by atoms with Gasteiger partial charge in [-0.1, -0.05) is 47.5 Å². The van der Waals surface area contributed by atoms with Crippen LogP contribution in [-0.4, -0.2) is 25.1 Å². The number of methoxy groups -OCH3 is 1. The maximum Gasteiger partial charge on any atom is 0.329 e. The van der Waals surface area contributed by atoms with Gasteiger partial charge in [0.1, 0.15) is 6.61 Å². The average molecular weight is 545 g/mol. The minimum atomic E-state index is -0.917. The third-order valence-corrected chi connectivity index (χ3v) is 5.86. The average Bonchev–Trinajstić information content (AvgIpc) is 2.82. The molecule has 0 saturated carbocycles. The summed E-state index contributed by atoms with van der Waals surface area (Å²) in [5.41, 5.74) is 6.15. The van der Waals surface area contributed by atoms with Gasteiger partial charge in [0.2, 0.25) is 0 Å². The number of anilines is 1. The SMILES string of the molecule is COc1cc(C=NNC(=O)C(=O)Nc2cccc(Cl)c2C)cc(Br)c1OCc1ccc(C)cc1. The van der Waals surface area contributed by atoms with Crippen LogP contribution in [0, 0.1) is 13.8 Å². The zero-order chi connectivity index (χ0) is 24.7. The number of aryl methyl sites for hydroxylation is 1. The summed E-state index contributed by atoms with van der Waals surface area (Å²) in [7, 11) is 1.53. The number of ether oxygens (including phenoxy) is 2. The Morgan fingerprint density at radius 2 is 1.82 bits per heavy atom. The van der Waals surface area contributed by atoms with Crippen molar-refractivity contribution < 1.29 is 19.1 Å². The molecule has 7 nitrogen and oxygen atoms in total. The van der Waals surface area contributed by atoms with E-state index in [4.69, 9.17) is 21.1 Å². The van der Waals surface area contributed by atoms with Gasteiger partial charge in [-0.05, 0) is 70.7 Å². The van der Waals surface area contributed by atoms with Crippen molar-refractivity contribution in [3.8, 4) is 11.5 Å². The molecule has 9 heteroatoms. The van der Waals surface area contributed by atoms with Crippen LogP contribution in [-0.2, 0) is 16.2 Å². The predicted octanol–water partition coefficient (Wildman–Crippen LogP) is 5.40. The molecular weight excluding hydrogens is 522 g/mol. The fourth-order valence-electron chi connectivity index (χ4n) is 2.93. The lowest BCUT2D eigenvalue weighted by Gasteiger charge is -2.13. The molecular formula is C25H23BrClN3O4. The standard InChI is InChI=1S/C25H23BrClN3O4/c1-15-7-9-17(10-8-15)14-34-23-19(26)11-18(12-22(23)33-3)13-28-30-25(32)24(31)29-21-6-4-5-20(27)16(21)2/h4-13H,14H2,1-3H3,(H,29,31)(H,30,32). The highest BCUT2D eigenvalue weighted by Gasteiger charge is 2.15. The maximum atomic E-state index is 12.1. The number of hydrogen-bond acceptors (Lipinski definition) is 5. The summed E-state index contributed by atoms with van der Waals surface area (Å²) in [4.78, 5) is 24.2. The van der Waals surface area contributed by atoms with E-state index < -0.39 is 11.8 Å². The van der Waals surface area contributed by atoms with Gasteiger partial charge in [-0.15, -0.1) is 0 Å². The Balaban J connectivity index is 1.63. The number of benzene rings is 3. The Kier molecular flexibility index (Phi) is 8.67. The fraction of sp³-hybridized carbons (Fsp3) is 0.160. The number of hydrazone groups is 1. The van der Waals surface area contributed by atoms with Crippen LogP contribution in [0.2, 0.25) is 5.02 Å². The number of hydrogen-bond donors (Lipinski definition) is 2. The number of carbonyl (C=O) groups is 2. The molecule has 0 saturated heterocycles. The summed E-state index contributed by atoms with van der Waals surface area (Å²) in [5.74, 6) is -0.746. The Morgan fingerprint density at radius 1 is 1.09 bits per heavy atom. The summed E-state index contributed by atoms with van der Waals surface area (Å²) < 4.78 is 12.0. The van der Waals surface area contributed by atoms with Crippen molar-refractivity contribution in [3.63, 3.8) is 0 Å². The number of halogens is 2. The molecule has 0 radical (unpaired) electrons. The zero-order valence-corrected chi connectivity index (χ0v) is 21.2. The molecule has 0 atom stereocenters. The summed E-state index contributed by atoms with van der Waals surface area (Å²) in [6, 6.07) is 16.6. The molecule has 0 bridgehead atoms. The lowest BCUT2D eigenvalue weighted by Crippen LogP contribution is -2.32. The van der Waals surface area contributed by atoms with E-state index in [1.807, 2.05) is 31.2 Å². The maximum absolute atomic E-state index is 12.1. The molecule has 0 heterocycles. The molecule has 3 aromatic carbocycles. The molecule has 0 unspecified atom stereocenters. The van der Waals surface area contributed by atoms with Crippen LogP contribution >= 0.6 is 27.5 Å². The normalized spacial score (nSPS) is 10.7. The predicted molar refractivity (Wildman–Crippen MR) is 137 cm³/mol. The van der Waals surface area contributed by atoms with Gasteiger partial charge in [-0.3, -0.25) is 9.59 Å². The molecule has 3 aromatic rings. The topological polar surface area (TPSA) is 89.0 Å². The number of rotatable bonds is 7. The van der Waals surface area contributed by atoms with Gasteiger partial charge in [-0.25, -0.2) is 5.43 Å². The molecule has 0 fully saturated rings. The quantitative estimate of drug-likeness (QED) is 0.237. The number of nitrogens with one attached hydrogen (secondary N) is 2. The smallest absolute Gasteiger partial charge is 0.329 e. The van der Waals surface area contributed by atoms with Gasteiger partial charge in [0.05, 0.1) is 17.8 Å². The lowest BCUT2D eigenvalue weighted by atomic mass is 10.2. The van der Waals surface area contributed by atoms with E-state index in [1.165, 1.54) is 18.9 Å². The number of nitrogens with zero attached hydrogens (tertiary/aromatic N) is 1. The fourth-order valence-corrected chi connectivity index (χ4v) is 3.68. The van der Waals surface area contributed by atoms with Crippen molar-refractivity contribution in [3.05, 3.63) is 86.3 Å². The van der Waals surface area contributed by atoms with E-state index in [2.05, 4.69) is 31.8 Å². The molecule has 0 aromatic heterocycles. The van der Waals surface area contributed by atoms with Gasteiger partial charge >= 0.3 is 11.8 Å². The van der Waals surface area contributed by atoms with Crippen molar-refractivity contribution in [1.82, 2.24) is 5.43 Å². The zero-order valence-electron chi connectivity index (χ0n) is 18.8. The van der Waals surface area contributed by atoms with Crippen LogP contribution < -0.4 is 20.2 Å². The highest BCUT2D eigenvalue weighted by molar-refractivity contribution is 9.10. The molecule has 176 valence electrons. The van der Waals surface area contributed by atoms with Gasteiger partial charge in [-0.2, -0.15) is 5.10 Å². The Labute approximate surface area is 211 Å². The monoisotopic (exact) mass is 543 g/mol. The van der Waals surface area contributed by atoms with Crippen LogP contribution in [0.4, 0.5) is 5.69 Å². The first-order valence-electron chi connectivity index (χ1n) is 10.2. The number of amides is 2. The minimum Gasteiger partial charge on any atom is -0.493 e. The summed E-state index contributed by atoms with van der Waals surface area (Å²) in [5, 5.41) is 6.86. The van der Waals surface area contributed by atoms with E-state index in [1.54, 1.807) is 37.3 Å². The second-order valence-corrected chi connectivity index (χ2v) is 8.64. The Bertz CT molecular complexity index is 1230. The van der Waals surface area contributed by atoms with Crippen LogP contribution in [0.15, 0.2) is 64.2 Å². The molecule has 2 amide bonds. The van der Waals surface area contributed by atoms with Gasteiger partial charge < -0.3 is 14.8 Å². The van der Waals surface area contributed by atoms with Crippen molar-refractivity contribution in [1.29, 1.82) is 0 Å². The van der Waals surface area contributed by atoms with Crippen LogP contribution in [0.1, 0.15) is 22.3 Å². The number of carbonyl (C=O) groups excluding carboxylic acids is 2. The first kappa shape index (κ1) is 25.3. The van der Waals surface area contributed by atoms with Crippen LogP contribution in [0.5, 0.6) is 11.5 Å². The summed E-state index contributed by atoms with van der Waals surface area (Å²) in [6.07, 6.45) is 1.40. The molecule has 0 aliphatic carbocycles.